The zero-order valence-corrected chi connectivity index (χ0v) is 17.2. The van der Waals surface area contributed by atoms with Gasteiger partial charge in [-0.3, -0.25) is 9.59 Å². The number of piperazine rings is 1. The maximum atomic E-state index is 12.4. The molecule has 8 heteroatoms. The molecule has 0 atom stereocenters. The van der Waals surface area contributed by atoms with E-state index in [-0.39, 0.29) is 28.7 Å². The highest BCUT2D eigenvalue weighted by Crippen LogP contribution is 2.28. The highest BCUT2D eigenvalue weighted by atomic mass is 32.2. The van der Waals surface area contributed by atoms with Crippen LogP contribution in [-0.2, 0) is 19.6 Å². The quantitative estimate of drug-likeness (QED) is 0.713. The van der Waals surface area contributed by atoms with E-state index in [4.69, 9.17) is 0 Å². The van der Waals surface area contributed by atoms with E-state index >= 15 is 0 Å². The van der Waals surface area contributed by atoms with Gasteiger partial charge in [0.05, 0.1) is 4.90 Å². The van der Waals surface area contributed by atoms with Crippen molar-refractivity contribution in [2.24, 2.45) is 5.92 Å². The van der Waals surface area contributed by atoms with Crippen molar-refractivity contribution in [2.75, 3.05) is 26.2 Å². The third-order valence-corrected chi connectivity index (χ3v) is 7.40. The third kappa shape index (κ3) is 4.87. The van der Waals surface area contributed by atoms with Crippen molar-refractivity contribution >= 4 is 27.9 Å². The van der Waals surface area contributed by atoms with Crippen LogP contribution in [0.5, 0.6) is 0 Å². The maximum absolute atomic E-state index is 12.4. The second-order valence-corrected chi connectivity index (χ2v) is 9.79. The second-order valence-electron chi connectivity index (χ2n) is 8.08. The number of carbonyl (C=O) groups is 2. The lowest BCUT2D eigenvalue weighted by Gasteiger charge is -2.37. The van der Waals surface area contributed by atoms with E-state index in [9.17, 15) is 18.0 Å². The molecule has 1 heterocycles. The number of hydrogen-bond acceptors (Lipinski definition) is 4. The minimum Gasteiger partial charge on any atom is -0.339 e. The normalized spacial score (nSPS) is 20.7. The number of amides is 2. The van der Waals surface area contributed by atoms with Gasteiger partial charge in [-0.05, 0) is 49.5 Å². The van der Waals surface area contributed by atoms with E-state index in [1.807, 2.05) is 4.90 Å². The van der Waals surface area contributed by atoms with Crippen molar-refractivity contribution in [2.45, 2.75) is 43.0 Å². The van der Waals surface area contributed by atoms with E-state index in [1.54, 1.807) is 35.2 Å². The Labute approximate surface area is 171 Å². The van der Waals surface area contributed by atoms with Crippen molar-refractivity contribution in [1.29, 1.82) is 0 Å². The zero-order valence-electron chi connectivity index (χ0n) is 16.4. The lowest BCUT2D eigenvalue weighted by Crippen LogP contribution is -2.52. The third-order valence-electron chi connectivity index (χ3n) is 5.87. The van der Waals surface area contributed by atoms with Gasteiger partial charge in [0, 0.05) is 44.2 Å². The standard InChI is InChI=1S/C21H27N3O4S/c25-20(23-12-14-24(15-13-23)21(26)17-2-1-3-17)11-6-16-4-9-19(10-5-16)29(27,28)22-18-7-8-18/h4-6,9-11,17-18,22H,1-3,7-8,12-15H2/b11-6+. The molecule has 1 aromatic rings. The molecule has 3 aliphatic rings. The molecule has 0 spiro atoms. The molecule has 2 amide bonds. The van der Waals surface area contributed by atoms with Crippen molar-refractivity contribution < 1.29 is 18.0 Å². The molecule has 1 N–H and O–H groups in total. The number of benzene rings is 1. The Hall–Kier alpha value is -2.19. The lowest BCUT2D eigenvalue weighted by atomic mass is 9.84. The molecule has 1 aromatic carbocycles. The van der Waals surface area contributed by atoms with Crippen molar-refractivity contribution in [3.8, 4) is 0 Å². The number of nitrogens with zero attached hydrogens (tertiary/aromatic N) is 2. The fraction of sp³-hybridized carbons (Fsp3) is 0.524. The number of carbonyl (C=O) groups excluding carboxylic acids is 2. The van der Waals surface area contributed by atoms with Gasteiger partial charge in [0.25, 0.3) is 0 Å². The smallest absolute Gasteiger partial charge is 0.246 e. The number of rotatable bonds is 6. The van der Waals surface area contributed by atoms with Crippen molar-refractivity contribution in [1.82, 2.24) is 14.5 Å². The van der Waals surface area contributed by atoms with E-state index in [0.29, 0.717) is 26.2 Å². The van der Waals surface area contributed by atoms with Crippen LogP contribution in [0.2, 0.25) is 0 Å². The Morgan fingerprint density at radius 1 is 0.931 bits per heavy atom. The van der Waals surface area contributed by atoms with Crippen LogP contribution in [0.3, 0.4) is 0 Å². The fourth-order valence-corrected chi connectivity index (χ4v) is 4.89. The minimum absolute atomic E-state index is 0.0710. The van der Waals surface area contributed by atoms with Crippen LogP contribution in [0.25, 0.3) is 6.08 Å². The minimum atomic E-state index is -3.46. The molecule has 3 fully saturated rings. The SMILES string of the molecule is O=C(/C=C/c1ccc(S(=O)(=O)NC2CC2)cc1)N1CCN(C(=O)C2CCC2)CC1. The van der Waals surface area contributed by atoms with E-state index < -0.39 is 10.0 Å². The summed E-state index contributed by atoms with van der Waals surface area (Å²) >= 11 is 0. The summed E-state index contributed by atoms with van der Waals surface area (Å²) in [5.41, 5.74) is 0.766. The van der Waals surface area contributed by atoms with E-state index in [2.05, 4.69) is 4.72 Å². The summed E-state index contributed by atoms with van der Waals surface area (Å²) in [6.07, 6.45) is 8.13. The summed E-state index contributed by atoms with van der Waals surface area (Å²) in [7, 11) is -3.46. The highest BCUT2D eigenvalue weighted by molar-refractivity contribution is 7.89. The van der Waals surface area contributed by atoms with Crippen molar-refractivity contribution in [3.05, 3.63) is 35.9 Å². The first-order chi connectivity index (χ1) is 13.9. The number of nitrogens with one attached hydrogen (secondary N) is 1. The van der Waals surface area contributed by atoms with Gasteiger partial charge in [0.1, 0.15) is 0 Å². The van der Waals surface area contributed by atoms with Gasteiger partial charge >= 0.3 is 0 Å². The molecule has 4 rings (SSSR count). The van der Waals surface area contributed by atoms with E-state index in [0.717, 1.165) is 37.7 Å². The first kappa shape index (κ1) is 20.1. The zero-order chi connectivity index (χ0) is 20.4. The average Bonchev–Trinajstić information content (AvgIpc) is 3.48. The topological polar surface area (TPSA) is 86.8 Å². The van der Waals surface area contributed by atoms with Gasteiger partial charge < -0.3 is 9.80 Å². The molecule has 29 heavy (non-hydrogen) atoms. The Morgan fingerprint density at radius 3 is 2.10 bits per heavy atom. The van der Waals surface area contributed by atoms with Gasteiger partial charge in [-0.25, -0.2) is 13.1 Å². The summed E-state index contributed by atoms with van der Waals surface area (Å²) in [6.45, 7) is 2.28. The largest absolute Gasteiger partial charge is 0.339 e. The first-order valence-electron chi connectivity index (χ1n) is 10.3. The summed E-state index contributed by atoms with van der Waals surface area (Å²) in [4.78, 5) is 28.6. The average molecular weight is 418 g/mol. The Kier molecular flexibility index (Phi) is 5.74. The van der Waals surface area contributed by atoms with Gasteiger partial charge in [-0.2, -0.15) is 0 Å². The maximum Gasteiger partial charge on any atom is 0.246 e. The van der Waals surface area contributed by atoms with Crippen LogP contribution < -0.4 is 4.72 Å². The van der Waals surface area contributed by atoms with Crippen LogP contribution in [0.1, 0.15) is 37.7 Å². The molecule has 2 aliphatic carbocycles. The van der Waals surface area contributed by atoms with Crippen molar-refractivity contribution in [3.63, 3.8) is 0 Å². The summed E-state index contributed by atoms with van der Waals surface area (Å²) in [6, 6.07) is 6.57. The van der Waals surface area contributed by atoms with Gasteiger partial charge in [0.15, 0.2) is 0 Å². The molecule has 2 saturated carbocycles. The van der Waals surface area contributed by atoms with Crippen LogP contribution >= 0.6 is 0 Å². The fourth-order valence-electron chi connectivity index (χ4n) is 3.58. The second kappa shape index (κ2) is 8.28. The van der Waals surface area contributed by atoms with E-state index in [1.165, 1.54) is 6.08 Å². The molecule has 7 nitrogen and oxygen atoms in total. The molecule has 1 saturated heterocycles. The van der Waals surface area contributed by atoms with Crippen LogP contribution in [0, 0.1) is 5.92 Å². The van der Waals surface area contributed by atoms with Gasteiger partial charge in [-0.15, -0.1) is 0 Å². The number of sulfonamides is 1. The molecular weight excluding hydrogens is 390 g/mol. The van der Waals surface area contributed by atoms with Crippen LogP contribution in [-0.4, -0.2) is 62.3 Å². The number of hydrogen-bond donors (Lipinski definition) is 1. The first-order valence-corrected chi connectivity index (χ1v) is 11.8. The Balaban J connectivity index is 1.28. The van der Waals surface area contributed by atoms with Gasteiger partial charge in [0.2, 0.25) is 21.8 Å². The summed E-state index contributed by atoms with van der Waals surface area (Å²) in [5.74, 6) is 0.348. The van der Waals surface area contributed by atoms with Gasteiger partial charge in [-0.1, -0.05) is 18.6 Å². The predicted octanol–water partition coefficient (Wildman–Crippen LogP) is 1.61. The van der Waals surface area contributed by atoms with Crippen LogP contribution in [0.4, 0.5) is 0 Å². The molecule has 0 unspecified atom stereocenters. The Morgan fingerprint density at radius 2 is 1.55 bits per heavy atom. The Bertz CT molecular complexity index is 894. The molecule has 0 aromatic heterocycles. The molecule has 1 aliphatic heterocycles. The highest BCUT2D eigenvalue weighted by Gasteiger charge is 2.31. The monoisotopic (exact) mass is 417 g/mol. The molecule has 0 radical (unpaired) electrons. The molecule has 156 valence electrons. The molecular formula is C21H27N3O4S. The van der Waals surface area contributed by atoms with Crippen LogP contribution in [0.15, 0.2) is 35.2 Å². The predicted molar refractivity (Wildman–Crippen MR) is 109 cm³/mol. The summed E-state index contributed by atoms with van der Waals surface area (Å²) < 4.78 is 27.0. The molecule has 0 bridgehead atoms. The lowest BCUT2D eigenvalue weighted by molar-refractivity contribution is -0.142. The summed E-state index contributed by atoms with van der Waals surface area (Å²) in [5, 5.41) is 0.